The number of hydrogen-bond acceptors (Lipinski definition) is 3. The Bertz CT molecular complexity index is 422. The maximum absolute atomic E-state index is 5.70. The van der Waals surface area contributed by atoms with Gasteiger partial charge < -0.3 is 20.5 Å². The molecule has 1 aromatic carbocycles. The Morgan fingerprint density at radius 1 is 1.44 bits per heavy atom. The van der Waals surface area contributed by atoms with E-state index in [9.17, 15) is 0 Å². The minimum absolute atomic E-state index is 0. The molecule has 100 valence electrons. The molecule has 0 saturated carbocycles. The van der Waals surface area contributed by atoms with Crippen molar-refractivity contribution in [2.24, 2.45) is 10.7 Å². The third-order valence-electron chi connectivity index (χ3n) is 2.06. The summed E-state index contributed by atoms with van der Waals surface area (Å²) in [5.74, 6) is 1.68. The summed E-state index contributed by atoms with van der Waals surface area (Å²) in [6, 6.07) is 5.39. The molecule has 1 rings (SSSR count). The summed E-state index contributed by atoms with van der Waals surface area (Å²) in [4.78, 5) is 4.04. The molecule has 0 aromatic heterocycles. The molecule has 0 fully saturated rings. The zero-order valence-corrected chi connectivity index (χ0v) is 12.8. The number of benzene rings is 1. The number of methoxy groups -OCH3 is 2. The van der Waals surface area contributed by atoms with Gasteiger partial charge in [0.2, 0.25) is 0 Å². The van der Waals surface area contributed by atoms with Gasteiger partial charge >= 0.3 is 0 Å². The highest BCUT2D eigenvalue weighted by molar-refractivity contribution is 14.0. The van der Waals surface area contributed by atoms with Crippen LogP contribution in [0.4, 0.5) is 5.69 Å². The fourth-order valence-corrected chi connectivity index (χ4v) is 1.25. The Balaban J connectivity index is 0.00000289. The lowest BCUT2D eigenvalue weighted by molar-refractivity contribution is 0.405. The molecule has 0 radical (unpaired) electrons. The number of halogens is 1. The molecule has 0 spiro atoms. The molecule has 18 heavy (non-hydrogen) atoms. The number of guanidine groups is 1. The highest BCUT2D eigenvalue weighted by atomic mass is 127. The van der Waals surface area contributed by atoms with E-state index in [1.54, 1.807) is 38.5 Å². The summed E-state index contributed by atoms with van der Waals surface area (Å²) < 4.78 is 10.3. The van der Waals surface area contributed by atoms with Gasteiger partial charge in [0, 0.05) is 6.07 Å². The quantitative estimate of drug-likeness (QED) is 0.364. The number of aliphatic imine (C=N–C) groups is 1. The topological polar surface area (TPSA) is 68.9 Å². The molecule has 0 atom stereocenters. The Labute approximate surface area is 124 Å². The van der Waals surface area contributed by atoms with E-state index in [1.165, 1.54) is 0 Å². The van der Waals surface area contributed by atoms with Gasteiger partial charge in [-0.3, -0.25) is 0 Å². The predicted octanol–water partition coefficient (Wildman–Crippen LogP) is 2.23. The van der Waals surface area contributed by atoms with E-state index >= 15 is 0 Å². The first kappa shape index (κ1) is 16.6. The second kappa shape index (κ2) is 8.62. The van der Waals surface area contributed by atoms with Crippen LogP contribution in [0, 0.1) is 0 Å². The van der Waals surface area contributed by atoms with Gasteiger partial charge in [-0.25, -0.2) is 4.99 Å². The van der Waals surface area contributed by atoms with Crippen molar-refractivity contribution in [3.63, 3.8) is 0 Å². The smallest absolute Gasteiger partial charge is 0.193 e. The highest BCUT2D eigenvalue weighted by Gasteiger charge is 2.05. The monoisotopic (exact) mass is 363 g/mol. The fourth-order valence-electron chi connectivity index (χ4n) is 1.25. The summed E-state index contributed by atoms with van der Waals surface area (Å²) in [6.45, 7) is 4.03. The van der Waals surface area contributed by atoms with Crippen LogP contribution in [-0.2, 0) is 0 Å². The van der Waals surface area contributed by atoms with Crippen LogP contribution < -0.4 is 20.5 Å². The SMILES string of the molecule is C=CCN=C(N)Nc1cc(OC)ccc1OC.I. The minimum atomic E-state index is 0. The summed E-state index contributed by atoms with van der Waals surface area (Å²) in [5, 5.41) is 2.95. The second-order valence-electron chi connectivity index (χ2n) is 3.21. The highest BCUT2D eigenvalue weighted by Crippen LogP contribution is 2.28. The van der Waals surface area contributed by atoms with Crippen LogP contribution >= 0.6 is 24.0 Å². The Morgan fingerprint density at radius 3 is 2.72 bits per heavy atom. The molecule has 0 aliphatic rings. The number of rotatable bonds is 5. The van der Waals surface area contributed by atoms with Crippen molar-refractivity contribution in [1.29, 1.82) is 0 Å². The third-order valence-corrected chi connectivity index (χ3v) is 2.06. The molecule has 5 nitrogen and oxygen atoms in total. The van der Waals surface area contributed by atoms with E-state index in [-0.39, 0.29) is 24.0 Å². The van der Waals surface area contributed by atoms with Gasteiger partial charge in [-0.15, -0.1) is 30.6 Å². The average Bonchev–Trinajstić information content (AvgIpc) is 2.36. The summed E-state index contributed by atoms with van der Waals surface area (Å²) in [7, 11) is 3.19. The van der Waals surface area contributed by atoms with Crippen molar-refractivity contribution >= 4 is 35.6 Å². The molecular formula is C12H18IN3O2. The van der Waals surface area contributed by atoms with Crippen molar-refractivity contribution in [1.82, 2.24) is 0 Å². The Hall–Kier alpha value is -1.44. The van der Waals surface area contributed by atoms with E-state index in [0.29, 0.717) is 29.7 Å². The molecule has 1 aromatic rings. The zero-order valence-electron chi connectivity index (χ0n) is 10.5. The van der Waals surface area contributed by atoms with Gasteiger partial charge in [-0.2, -0.15) is 0 Å². The van der Waals surface area contributed by atoms with Gasteiger partial charge in [0.1, 0.15) is 11.5 Å². The van der Waals surface area contributed by atoms with E-state index < -0.39 is 0 Å². The third kappa shape index (κ3) is 4.82. The normalized spacial score (nSPS) is 10.2. The number of hydrogen-bond donors (Lipinski definition) is 2. The van der Waals surface area contributed by atoms with E-state index in [0.717, 1.165) is 0 Å². The van der Waals surface area contributed by atoms with E-state index in [4.69, 9.17) is 15.2 Å². The lowest BCUT2D eigenvalue weighted by Crippen LogP contribution is -2.23. The maximum Gasteiger partial charge on any atom is 0.193 e. The van der Waals surface area contributed by atoms with E-state index in [1.807, 2.05) is 0 Å². The summed E-state index contributed by atoms with van der Waals surface area (Å²) in [5.41, 5.74) is 6.41. The van der Waals surface area contributed by atoms with Gasteiger partial charge in [0.25, 0.3) is 0 Å². The zero-order chi connectivity index (χ0) is 12.7. The van der Waals surface area contributed by atoms with Gasteiger partial charge in [0.15, 0.2) is 5.96 Å². The van der Waals surface area contributed by atoms with E-state index in [2.05, 4.69) is 16.9 Å². The number of anilines is 1. The van der Waals surface area contributed by atoms with Crippen LogP contribution in [-0.4, -0.2) is 26.7 Å². The number of ether oxygens (including phenoxy) is 2. The molecule has 6 heteroatoms. The molecule has 3 N–H and O–H groups in total. The molecule has 0 amide bonds. The van der Waals surface area contributed by atoms with Crippen molar-refractivity contribution < 1.29 is 9.47 Å². The van der Waals surface area contributed by atoms with Crippen LogP contribution in [0.25, 0.3) is 0 Å². The number of nitrogens with one attached hydrogen (secondary N) is 1. The first-order chi connectivity index (χ1) is 8.21. The summed E-state index contributed by atoms with van der Waals surface area (Å²) >= 11 is 0. The Morgan fingerprint density at radius 2 is 2.17 bits per heavy atom. The van der Waals surface area contributed by atoms with Gasteiger partial charge in [0.05, 0.1) is 26.5 Å². The number of nitrogens with zero attached hydrogens (tertiary/aromatic N) is 1. The fraction of sp³-hybridized carbons (Fsp3) is 0.250. The van der Waals surface area contributed by atoms with Crippen molar-refractivity contribution in [2.45, 2.75) is 0 Å². The molecule has 0 saturated heterocycles. The molecule has 0 unspecified atom stereocenters. The van der Waals surface area contributed by atoms with Crippen LogP contribution in [0.2, 0.25) is 0 Å². The first-order valence-corrected chi connectivity index (χ1v) is 5.11. The summed E-state index contributed by atoms with van der Waals surface area (Å²) in [6.07, 6.45) is 1.66. The second-order valence-corrected chi connectivity index (χ2v) is 3.21. The molecule has 0 bridgehead atoms. The Kier molecular flexibility index (Phi) is 7.93. The van der Waals surface area contributed by atoms with Gasteiger partial charge in [-0.1, -0.05) is 6.08 Å². The minimum Gasteiger partial charge on any atom is -0.497 e. The lowest BCUT2D eigenvalue weighted by Gasteiger charge is -2.11. The molecular weight excluding hydrogens is 345 g/mol. The molecule has 0 heterocycles. The van der Waals surface area contributed by atoms with Crippen LogP contribution in [0.5, 0.6) is 11.5 Å². The standard InChI is InChI=1S/C12H17N3O2.HI/c1-4-7-14-12(13)15-10-8-9(16-2)5-6-11(10)17-3;/h4-6,8H,1,7H2,2-3H3,(H3,13,14,15);1H. The predicted molar refractivity (Wildman–Crippen MR) is 85.3 cm³/mol. The largest absolute Gasteiger partial charge is 0.497 e. The average molecular weight is 363 g/mol. The van der Waals surface area contributed by atoms with Crippen molar-refractivity contribution in [3.8, 4) is 11.5 Å². The first-order valence-electron chi connectivity index (χ1n) is 5.11. The van der Waals surface area contributed by atoms with Crippen molar-refractivity contribution in [2.75, 3.05) is 26.1 Å². The molecule has 0 aliphatic heterocycles. The van der Waals surface area contributed by atoms with Crippen molar-refractivity contribution in [3.05, 3.63) is 30.9 Å². The van der Waals surface area contributed by atoms with Crippen LogP contribution in [0.15, 0.2) is 35.8 Å². The lowest BCUT2D eigenvalue weighted by atomic mass is 10.2. The van der Waals surface area contributed by atoms with Crippen LogP contribution in [0.1, 0.15) is 0 Å². The van der Waals surface area contributed by atoms with Gasteiger partial charge in [-0.05, 0) is 12.1 Å². The van der Waals surface area contributed by atoms with Crippen LogP contribution in [0.3, 0.4) is 0 Å². The molecule has 0 aliphatic carbocycles. The number of nitrogens with two attached hydrogens (primary N) is 1. The maximum atomic E-state index is 5.70.